The molecule has 22 heavy (non-hydrogen) atoms. The van der Waals surface area contributed by atoms with Crippen LogP contribution in [-0.2, 0) is 9.63 Å². The van der Waals surface area contributed by atoms with Crippen LogP contribution >= 0.6 is 11.6 Å². The fraction of sp³-hybridized carbons (Fsp3) is 0.467. The van der Waals surface area contributed by atoms with Gasteiger partial charge in [-0.05, 0) is 38.5 Å². The van der Waals surface area contributed by atoms with E-state index in [9.17, 15) is 14.7 Å². The van der Waals surface area contributed by atoms with Crippen LogP contribution in [-0.4, -0.2) is 46.8 Å². The second-order valence-corrected chi connectivity index (χ2v) is 6.23. The number of carboxylic acid groups (broad SMARTS) is 1. The van der Waals surface area contributed by atoms with E-state index in [1.807, 2.05) is 0 Å². The smallest absolute Gasteiger partial charge is 0.408 e. The molecule has 6 nitrogen and oxygen atoms in total. The molecule has 0 aromatic heterocycles. The third-order valence-corrected chi connectivity index (χ3v) is 3.44. The number of rotatable bonds is 4. The lowest BCUT2D eigenvalue weighted by molar-refractivity contribution is -0.176. The van der Waals surface area contributed by atoms with Crippen molar-refractivity contribution < 1.29 is 19.5 Å². The average Bonchev–Trinajstić information content (AvgIpc) is 2.42. The molecule has 0 bridgehead atoms. The first-order valence-corrected chi connectivity index (χ1v) is 7.06. The van der Waals surface area contributed by atoms with Crippen molar-refractivity contribution >= 4 is 23.6 Å². The summed E-state index contributed by atoms with van der Waals surface area (Å²) >= 11 is 5.87. The van der Waals surface area contributed by atoms with Gasteiger partial charge in [-0.15, -0.1) is 0 Å². The highest BCUT2D eigenvalue weighted by Gasteiger charge is 2.40. The Morgan fingerprint density at radius 1 is 1.23 bits per heavy atom. The van der Waals surface area contributed by atoms with Crippen LogP contribution in [0.5, 0.6) is 0 Å². The van der Waals surface area contributed by atoms with Gasteiger partial charge in [0.15, 0.2) is 0 Å². The highest BCUT2D eigenvalue weighted by atomic mass is 35.5. The monoisotopic (exact) mass is 328 g/mol. The van der Waals surface area contributed by atoms with E-state index in [4.69, 9.17) is 16.4 Å². The minimum atomic E-state index is -1.19. The second kappa shape index (κ2) is 6.98. The average molecular weight is 329 g/mol. The molecule has 7 heteroatoms. The number of benzene rings is 1. The van der Waals surface area contributed by atoms with Crippen molar-refractivity contribution in [3.05, 3.63) is 34.9 Å². The number of carbonyl (C=O) groups excluding carboxylic acids is 1. The van der Waals surface area contributed by atoms with Gasteiger partial charge < -0.3 is 5.11 Å². The van der Waals surface area contributed by atoms with E-state index in [-0.39, 0.29) is 0 Å². The Balaban J connectivity index is 3.41. The van der Waals surface area contributed by atoms with Crippen LogP contribution in [0.25, 0.3) is 0 Å². The zero-order valence-corrected chi connectivity index (χ0v) is 14.1. The number of hydrogen-bond acceptors (Lipinski definition) is 3. The lowest BCUT2D eigenvalue weighted by Crippen LogP contribution is -2.52. The van der Waals surface area contributed by atoms with Crippen molar-refractivity contribution in [1.29, 1.82) is 0 Å². The lowest BCUT2D eigenvalue weighted by atomic mass is 9.97. The van der Waals surface area contributed by atoms with Crippen LogP contribution in [0.15, 0.2) is 24.3 Å². The van der Waals surface area contributed by atoms with Gasteiger partial charge in [0, 0.05) is 17.6 Å². The van der Waals surface area contributed by atoms with Gasteiger partial charge in [0.2, 0.25) is 0 Å². The molecule has 1 atom stereocenters. The summed E-state index contributed by atoms with van der Waals surface area (Å²) in [7, 11) is 2.78. The minimum Gasteiger partial charge on any atom is -0.465 e. The predicted octanol–water partition coefficient (Wildman–Crippen LogP) is 3.18. The zero-order valence-electron chi connectivity index (χ0n) is 13.3. The number of halogens is 1. The molecule has 0 radical (unpaired) electrons. The predicted molar refractivity (Wildman–Crippen MR) is 83.6 cm³/mol. The number of nitrogens with zero attached hydrogens (tertiary/aromatic N) is 2. The summed E-state index contributed by atoms with van der Waals surface area (Å²) in [5.74, 6) is -0.484. The number of amides is 2. The highest BCUT2D eigenvalue weighted by Crippen LogP contribution is 2.30. The zero-order chi connectivity index (χ0) is 17.1. The van der Waals surface area contributed by atoms with Gasteiger partial charge in [-0.1, -0.05) is 23.7 Å². The van der Waals surface area contributed by atoms with Crippen LogP contribution in [0.1, 0.15) is 32.4 Å². The Hall–Kier alpha value is -1.79. The van der Waals surface area contributed by atoms with Crippen LogP contribution in [0.2, 0.25) is 5.02 Å². The quantitative estimate of drug-likeness (QED) is 0.862. The Kier molecular flexibility index (Phi) is 5.79. The molecule has 1 aromatic rings. The van der Waals surface area contributed by atoms with Gasteiger partial charge >= 0.3 is 6.09 Å². The standard InChI is InChI=1S/C15H21ClN2O4/c1-15(2,3)18(14(20)21)12(13(19)17(4)22-5)10-6-8-11(16)9-7-10/h6-9,12H,1-5H3,(H,20,21)/t12-/m0/s1. The Morgan fingerprint density at radius 3 is 2.09 bits per heavy atom. The van der Waals surface area contributed by atoms with Crippen LogP contribution in [0.3, 0.4) is 0 Å². The van der Waals surface area contributed by atoms with Crippen molar-refractivity contribution in [2.24, 2.45) is 0 Å². The topological polar surface area (TPSA) is 70.1 Å². The van der Waals surface area contributed by atoms with Crippen LogP contribution in [0.4, 0.5) is 4.79 Å². The normalized spacial score (nSPS) is 12.6. The van der Waals surface area contributed by atoms with E-state index in [2.05, 4.69) is 0 Å². The number of carbonyl (C=O) groups is 2. The molecular formula is C15H21ClN2O4. The summed E-state index contributed by atoms with van der Waals surface area (Å²) in [6.45, 7) is 5.18. The summed E-state index contributed by atoms with van der Waals surface area (Å²) in [4.78, 5) is 30.4. The summed E-state index contributed by atoms with van der Waals surface area (Å²) in [5.41, 5.74) is -0.254. The van der Waals surface area contributed by atoms with Crippen molar-refractivity contribution in [2.75, 3.05) is 14.2 Å². The molecule has 0 aliphatic heterocycles. The fourth-order valence-corrected chi connectivity index (χ4v) is 2.22. The van der Waals surface area contributed by atoms with Crippen molar-refractivity contribution in [3.8, 4) is 0 Å². The Labute approximate surface area is 135 Å². The summed E-state index contributed by atoms with van der Waals surface area (Å²) in [5, 5.41) is 11.1. The molecule has 0 saturated carbocycles. The number of hydroxylamine groups is 2. The largest absolute Gasteiger partial charge is 0.465 e. The third kappa shape index (κ3) is 4.11. The SMILES string of the molecule is CON(C)C(=O)[C@H](c1ccc(Cl)cc1)N(C(=O)O)C(C)(C)C. The van der Waals surface area contributed by atoms with Gasteiger partial charge in [0.25, 0.3) is 5.91 Å². The van der Waals surface area contributed by atoms with Gasteiger partial charge in [-0.25, -0.2) is 9.86 Å². The molecule has 0 heterocycles. The molecule has 122 valence electrons. The first-order chi connectivity index (χ1) is 10.1. The molecule has 0 unspecified atom stereocenters. The Morgan fingerprint density at radius 2 is 1.73 bits per heavy atom. The van der Waals surface area contributed by atoms with E-state index in [0.717, 1.165) is 9.96 Å². The van der Waals surface area contributed by atoms with Gasteiger partial charge in [0.05, 0.1) is 7.11 Å². The molecule has 1 aromatic carbocycles. The van der Waals surface area contributed by atoms with Crippen molar-refractivity contribution in [1.82, 2.24) is 9.96 Å². The Bertz CT molecular complexity index is 539. The van der Waals surface area contributed by atoms with Gasteiger partial charge in [0.1, 0.15) is 6.04 Å². The fourth-order valence-electron chi connectivity index (χ4n) is 2.09. The molecule has 0 aliphatic carbocycles. The molecule has 1 rings (SSSR count). The van der Waals surface area contributed by atoms with Crippen molar-refractivity contribution in [3.63, 3.8) is 0 Å². The highest BCUT2D eigenvalue weighted by molar-refractivity contribution is 6.30. The first-order valence-electron chi connectivity index (χ1n) is 6.69. The van der Waals surface area contributed by atoms with E-state index in [1.54, 1.807) is 45.0 Å². The maximum absolute atomic E-state index is 12.6. The molecule has 0 fully saturated rings. The summed E-state index contributed by atoms with van der Waals surface area (Å²) in [6, 6.07) is 5.48. The number of likely N-dealkylation sites (N-methyl/N-ethyl adjacent to an activating group) is 1. The summed E-state index contributed by atoms with van der Waals surface area (Å²) in [6.07, 6.45) is -1.19. The lowest BCUT2D eigenvalue weighted by Gasteiger charge is -2.39. The molecular weight excluding hydrogens is 308 g/mol. The maximum atomic E-state index is 12.6. The molecule has 0 saturated heterocycles. The van der Waals surface area contributed by atoms with Gasteiger partial charge in [-0.2, -0.15) is 0 Å². The minimum absolute atomic E-state index is 0.484. The van der Waals surface area contributed by atoms with E-state index in [1.165, 1.54) is 14.2 Å². The second-order valence-electron chi connectivity index (χ2n) is 5.80. The third-order valence-electron chi connectivity index (χ3n) is 3.19. The summed E-state index contributed by atoms with van der Waals surface area (Å²) < 4.78 is 0. The number of hydrogen-bond donors (Lipinski definition) is 1. The van der Waals surface area contributed by atoms with E-state index >= 15 is 0 Å². The van der Waals surface area contributed by atoms with Crippen molar-refractivity contribution in [2.45, 2.75) is 32.4 Å². The molecule has 0 aliphatic rings. The molecule has 2 amide bonds. The molecule has 0 spiro atoms. The van der Waals surface area contributed by atoms with Crippen LogP contribution in [0, 0.1) is 0 Å². The van der Waals surface area contributed by atoms with E-state index in [0.29, 0.717) is 10.6 Å². The maximum Gasteiger partial charge on any atom is 0.408 e. The molecule has 1 N–H and O–H groups in total. The van der Waals surface area contributed by atoms with Crippen LogP contribution < -0.4 is 0 Å². The van der Waals surface area contributed by atoms with E-state index < -0.39 is 23.6 Å². The van der Waals surface area contributed by atoms with Gasteiger partial charge in [-0.3, -0.25) is 14.5 Å². The first kappa shape index (κ1) is 18.3.